The monoisotopic (exact) mass is 509 g/mol. The number of carbonyl (C=O) groups excluding carboxylic acids is 3. The van der Waals surface area contributed by atoms with E-state index in [-0.39, 0.29) is 17.5 Å². The van der Waals surface area contributed by atoms with Gasteiger partial charge < -0.3 is 20.9 Å². The molecule has 0 aliphatic heterocycles. The van der Waals surface area contributed by atoms with Gasteiger partial charge in [-0.15, -0.1) is 0 Å². The number of amides is 3. The molecule has 0 spiro atoms. The molecule has 1 unspecified atom stereocenters. The molecule has 0 aliphatic carbocycles. The molecule has 1 atom stereocenters. The van der Waals surface area contributed by atoms with Crippen molar-refractivity contribution in [2.24, 2.45) is 0 Å². The molecule has 3 amide bonds. The predicted molar refractivity (Wildman–Crippen MR) is 140 cm³/mol. The summed E-state index contributed by atoms with van der Waals surface area (Å²) in [5.41, 5.74) is 1.20. The number of benzene rings is 2. The molecule has 188 valence electrons. The van der Waals surface area contributed by atoms with Gasteiger partial charge in [-0.1, -0.05) is 17.7 Å². The molecule has 0 saturated heterocycles. The number of rotatable bonds is 10. The minimum atomic E-state index is -1.09. The summed E-state index contributed by atoms with van der Waals surface area (Å²) in [5, 5.41) is 8.64. The number of aromatic nitrogens is 1. The van der Waals surface area contributed by atoms with E-state index >= 15 is 0 Å². The van der Waals surface area contributed by atoms with Crippen LogP contribution < -0.4 is 21.5 Å². The first-order valence-electron chi connectivity index (χ1n) is 11.3. The maximum absolute atomic E-state index is 12.9. The first-order chi connectivity index (χ1) is 17.2. The van der Waals surface area contributed by atoms with Crippen LogP contribution in [0.3, 0.4) is 0 Å². The molecule has 9 nitrogen and oxygen atoms in total. The van der Waals surface area contributed by atoms with Crippen LogP contribution in [-0.4, -0.2) is 60.4 Å². The van der Waals surface area contributed by atoms with Crippen LogP contribution in [0.15, 0.2) is 77.7 Å². The van der Waals surface area contributed by atoms with Crippen molar-refractivity contribution in [3.63, 3.8) is 0 Å². The van der Waals surface area contributed by atoms with Crippen LogP contribution in [0, 0.1) is 0 Å². The average Bonchev–Trinajstić information content (AvgIpc) is 2.85. The third-order valence-corrected chi connectivity index (χ3v) is 5.48. The lowest BCUT2D eigenvalue weighted by atomic mass is 10.1. The first-order valence-corrected chi connectivity index (χ1v) is 11.7. The standard InChI is InChI=1S/C26H28ClN5O4/c1-31(2)16-14-28-26(36)22(17-23(33)29-20-10-8-19(27)9-11-20)30-25(35)18-6-12-21(13-7-18)32-15-4-3-5-24(32)34/h3-13,15,22H,14,16-17H2,1-2H3,(H,28,36)(H,29,33)(H,30,35). The topological polar surface area (TPSA) is 113 Å². The average molecular weight is 510 g/mol. The second-order valence-corrected chi connectivity index (χ2v) is 8.77. The first kappa shape index (κ1) is 26.7. The number of hydrogen-bond donors (Lipinski definition) is 3. The highest BCUT2D eigenvalue weighted by molar-refractivity contribution is 6.30. The lowest BCUT2D eigenvalue weighted by Crippen LogP contribution is -2.49. The van der Waals surface area contributed by atoms with Gasteiger partial charge >= 0.3 is 0 Å². The number of nitrogens with one attached hydrogen (secondary N) is 3. The van der Waals surface area contributed by atoms with Gasteiger partial charge in [-0.05, 0) is 68.7 Å². The number of halogens is 1. The molecule has 0 radical (unpaired) electrons. The zero-order valence-corrected chi connectivity index (χ0v) is 20.8. The van der Waals surface area contributed by atoms with Crippen LogP contribution in [0.25, 0.3) is 5.69 Å². The molecule has 0 saturated carbocycles. The SMILES string of the molecule is CN(C)CCNC(=O)C(CC(=O)Nc1ccc(Cl)cc1)NC(=O)c1ccc(-n2ccccc2=O)cc1. The lowest BCUT2D eigenvalue weighted by Gasteiger charge is -2.19. The van der Waals surface area contributed by atoms with Crippen LogP contribution >= 0.6 is 11.6 Å². The second-order valence-electron chi connectivity index (χ2n) is 8.34. The molecular weight excluding hydrogens is 482 g/mol. The fraction of sp³-hybridized carbons (Fsp3) is 0.231. The fourth-order valence-corrected chi connectivity index (χ4v) is 3.45. The Morgan fingerprint density at radius 2 is 1.67 bits per heavy atom. The smallest absolute Gasteiger partial charge is 0.255 e. The van der Waals surface area contributed by atoms with Gasteiger partial charge in [0.15, 0.2) is 0 Å². The lowest BCUT2D eigenvalue weighted by molar-refractivity contribution is -0.126. The molecule has 3 aromatic rings. The minimum absolute atomic E-state index is 0.198. The molecular formula is C26H28ClN5O4. The predicted octanol–water partition coefficient (Wildman–Crippen LogP) is 2.30. The zero-order valence-electron chi connectivity index (χ0n) is 20.0. The van der Waals surface area contributed by atoms with Crippen LogP contribution in [0.1, 0.15) is 16.8 Å². The highest BCUT2D eigenvalue weighted by Gasteiger charge is 2.24. The maximum atomic E-state index is 12.9. The number of pyridine rings is 1. The molecule has 0 bridgehead atoms. The van der Waals surface area contributed by atoms with Crippen molar-refractivity contribution in [2.75, 3.05) is 32.5 Å². The summed E-state index contributed by atoms with van der Waals surface area (Å²) in [7, 11) is 3.75. The van der Waals surface area contributed by atoms with Gasteiger partial charge in [-0.25, -0.2) is 0 Å². The number of hydrogen-bond acceptors (Lipinski definition) is 5. The van der Waals surface area contributed by atoms with Crippen LogP contribution in [0.4, 0.5) is 5.69 Å². The number of carbonyl (C=O) groups is 3. The molecule has 0 aliphatic rings. The van der Waals surface area contributed by atoms with Gasteiger partial charge in [0.25, 0.3) is 11.5 Å². The van der Waals surface area contributed by atoms with Crippen LogP contribution in [0.2, 0.25) is 5.02 Å². The summed E-state index contributed by atoms with van der Waals surface area (Å²) >= 11 is 5.88. The van der Waals surface area contributed by atoms with Crippen molar-refractivity contribution in [1.29, 1.82) is 0 Å². The number of likely N-dealkylation sites (N-methyl/N-ethyl adjacent to an activating group) is 1. The normalized spacial score (nSPS) is 11.6. The minimum Gasteiger partial charge on any atom is -0.353 e. The van der Waals surface area contributed by atoms with E-state index in [1.165, 1.54) is 10.6 Å². The van der Waals surface area contributed by atoms with Gasteiger partial charge in [0, 0.05) is 47.3 Å². The zero-order chi connectivity index (χ0) is 26.1. The van der Waals surface area contributed by atoms with Gasteiger partial charge in [0.2, 0.25) is 11.8 Å². The molecule has 36 heavy (non-hydrogen) atoms. The molecule has 0 fully saturated rings. The van der Waals surface area contributed by atoms with Crippen molar-refractivity contribution in [3.8, 4) is 5.69 Å². The van der Waals surface area contributed by atoms with E-state index in [0.717, 1.165) is 0 Å². The fourth-order valence-electron chi connectivity index (χ4n) is 3.32. The summed E-state index contributed by atoms with van der Waals surface area (Å²) < 4.78 is 1.45. The van der Waals surface area contributed by atoms with E-state index in [9.17, 15) is 19.2 Å². The Labute approximate surface area is 214 Å². The largest absolute Gasteiger partial charge is 0.353 e. The van der Waals surface area contributed by atoms with Gasteiger partial charge in [-0.2, -0.15) is 0 Å². The van der Waals surface area contributed by atoms with E-state index in [1.807, 2.05) is 19.0 Å². The number of nitrogens with zero attached hydrogens (tertiary/aromatic N) is 2. The third-order valence-electron chi connectivity index (χ3n) is 5.23. The van der Waals surface area contributed by atoms with E-state index in [4.69, 9.17) is 11.6 Å². The van der Waals surface area contributed by atoms with Crippen molar-refractivity contribution >= 4 is 35.0 Å². The summed E-state index contributed by atoms with van der Waals surface area (Å²) in [6.07, 6.45) is 1.37. The van der Waals surface area contributed by atoms with Crippen molar-refractivity contribution in [3.05, 3.63) is 93.9 Å². The summed E-state index contributed by atoms with van der Waals surface area (Å²) in [4.78, 5) is 52.3. The number of anilines is 1. The highest BCUT2D eigenvalue weighted by Crippen LogP contribution is 2.14. The third kappa shape index (κ3) is 7.79. The summed E-state index contributed by atoms with van der Waals surface area (Å²) in [5.74, 6) is -1.43. The quantitative estimate of drug-likeness (QED) is 0.388. The summed E-state index contributed by atoms with van der Waals surface area (Å²) in [6.45, 7) is 0.960. The Kier molecular flexibility index (Phi) is 9.38. The Hall–Kier alpha value is -3.95. The Morgan fingerprint density at radius 3 is 2.31 bits per heavy atom. The molecule has 3 rings (SSSR count). The molecule has 1 heterocycles. The highest BCUT2D eigenvalue weighted by atomic mass is 35.5. The van der Waals surface area contributed by atoms with Gasteiger partial charge in [0.1, 0.15) is 6.04 Å². The van der Waals surface area contributed by atoms with Crippen LogP contribution in [-0.2, 0) is 9.59 Å². The second kappa shape index (κ2) is 12.7. The Bertz CT molecular complexity index is 1260. The summed E-state index contributed by atoms with van der Waals surface area (Å²) in [6, 6.07) is 16.7. The van der Waals surface area contributed by atoms with Crippen molar-refractivity contribution < 1.29 is 14.4 Å². The van der Waals surface area contributed by atoms with Gasteiger partial charge in [0.05, 0.1) is 6.42 Å². The van der Waals surface area contributed by atoms with E-state index in [1.54, 1.807) is 66.9 Å². The van der Waals surface area contributed by atoms with Crippen molar-refractivity contribution in [1.82, 2.24) is 20.1 Å². The van der Waals surface area contributed by atoms with Gasteiger partial charge in [-0.3, -0.25) is 23.7 Å². The van der Waals surface area contributed by atoms with Crippen LogP contribution in [0.5, 0.6) is 0 Å². The van der Waals surface area contributed by atoms with E-state index < -0.39 is 23.8 Å². The van der Waals surface area contributed by atoms with E-state index in [0.29, 0.717) is 29.5 Å². The molecule has 3 N–H and O–H groups in total. The molecule has 10 heteroatoms. The maximum Gasteiger partial charge on any atom is 0.255 e. The molecule has 1 aromatic heterocycles. The molecule has 2 aromatic carbocycles. The van der Waals surface area contributed by atoms with Crippen molar-refractivity contribution in [2.45, 2.75) is 12.5 Å². The van der Waals surface area contributed by atoms with E-state index in [2.05, 4.69) is 16.0 Å². The Balaban J connectivity index is 1.71. The Morgan fingerprint density at radius 1 is 0.972 bits per heavy atom.